The van der Waals surface area contributed by atoms with Gasteiger partial charge in [-0.25, -0.2) is 4.79 Å². The predicted octanol–water partition coefficient (Wildman–Crippen LogP) is 3.58. The number of aryl methyl sites for hydroxylation is 1. The van der Waals surface area contributed by atoms with Gasteiger partial charge in [0.15, 0.2) is 0 Å². The summed E-state index contributed by atoms with van der Waals surface area (Å²) in [5.41, 5.74) is 0.855. The second kappa shape index (κ2) is 5.87. The van der Waals surface area contributed by atoms with Gasteiger partial charge in [0.25, 0.3) is 0 Å². The van der Waals surface area contributed by atoms with Crippen molar-refractivity contribution in [3.63, 3.8) is 0 Å². The highest BCUT2D eigenvalue weighted by Crippen LogP contribution is 2.35. The van der Waals surface area contributed by atoms with Crippen molar-refractivity contribution in [1.82, 2.24) is 9.47 Å². The van der Waals surface area contributed by atoms with Crippen LogP contribution in [0.4, 0.5) is 6.01 Å². The molecule has 0 N–H and O–H groups in total. The highest BCUT2D eigenvalue weighted by atomic mass is 16.4. The molecule has 1 heterocycles. The van der Waals surface area contributed by atoms with Crippen molar-refractivity contribution in [2.75, 3.05) is 6.54 Å². The lowest BCUT2D eigenvalue weighted by Crippen LogP contribution is -2.60. The maximum atomic E-state index is 12.4. The zero-order chi connectivity index (χ0) is 13.9. The van der Waals surface area contributed by atoms with Gasteiger partial charge in [-0.1, -0.05) is 13.3 Å². The van der Waals surface area contributed by atoms with Crippen molar-refractivity contribution >= 4 is 11.9 Å². The van der Waals surface area contributed by atoms with E-state index in [-0.39, 0.29) is 5.91 Å². The maximum absolute atomic E-state index is 12.4. The molecule has 1 fully saturated rings. The normalized spacial score (nSPS) is 19.5. The summed E-state index contributed by atoms with van der Waals surface area (Å²) < 4.78 is 5.96. The van der Waals surface area contributed by atoms with Crippen LogP contribution in [-0.2, 0) is 4.79 Å². The first-order valence-corrected chi connectivity index (χ1v) is 7.43. The standard InChI is InChI=1S/C15H25N2O2/c1-4-5-10-17(13(3)18,14-8-6-7-9-14)15-16-12(2)11-19-15/h11,14H,4-10H2,1-3H3/q+1. The molecule has 0 aliphatic heterocycles. The number of carbonyl (C=O) groups excluding carboxylic acids is 1. The number of amides is 1. The third kappa shape index (κ3) is 2.59. The van der Waals surface area contributed by atoms with Gasteiger partial charge in [0.2, 0.25) is 0 Å². The Morgan fingerprint density at radius 1 is 1.47 bits per heavy atom. The lowest BCUT2D eigenvalue weighted by Gasteiger charge is -2.36. The van der Waals surface area contributed by atoms with E-state index in [1.54, 1.807) is 13.2 Å². The number of aromatic nitrogens is 1. The van der Waals surface area contributed by atoms with Gasteiger partial charge in [0, 0.05) is 12.8 Å². The van der Waals surface area contributed by atoms with Gasteiger partial charge >= 0.3 is 11.9 Å². The number of quaternary nitrogens is 1. The van der Waals surface area contributed by atoms with Crippen LogP contribution in [0.25, 0.3) is 0 Å². The van der Waals surface area contributed by atoms with Crippen LogP contribution in [0.5, 0.6) is 0 Å². The minimum Gasteiger partial charge on any atom is -0.403 e. The number of unbranched alkanes of at least 4 members (excludes halogenated alkanes) is 1. The van der Waals surface area contributed by atoms with Gasteiger partial charge in [-0.15, -0.1) is 0 Å². The third-order valence-electron chi connectivity index (χ3n) is 4.32. The largest absolute Gasteiger partial charge is 0.411 e. The molecule has 0 spiro atoms. The topological polar surface area (TPSA) is 43.1 Å². The lowest BCUT2D eigenvalue weighted by atomic mass is 10.1. The molecule has 1 aliphatic rings. The second-order valence-corrected chi connectivity index (χ2v) is 5.67. The summed E-state index contributed by atoms with van der Waals surface area (Å²) in [6.45, 7) is 6.57. The molecule has 2 rings (SSSR count). The first kappa shape index (κ1) is 14.3. The average molecular weight is 265 g/mol. The van der Waals surface area contributed by atoms with Crippen LogP contribution >= 0.6 is 0 Å². The Bertz CT molecular complexity index is 435. The van der Waals surface area contributed by atoms with Crippen molar-refractivity contribution in [1.29, 1.82) is 0 Å². The summed E-state index contributed by atoms with van der Waals surface area (Å²) in [5.74, 6) is 0.169. The Morgan fingerprint density at radius 3 is 2.63 bits per heavy atom. The van der Waals surface area contributed by atoms with Gasteiger partial charge in [0.1, 0.15) is 12.3 Å². The Hall–Kier alpha value is -1.16. The summed E-state index contributed by atoms with van der Waals surface area (Å²) in [6.07, 6.45) is 8.40. The molecule has 0 aromatic carbocycles. The van der Waals surface area contributed by atoms with Crippen molar-refractivity contribution in [3.8, 4) is 0 Å². The molecule has 4 nitrogen and oxygen atoms in total. The molecule has 1 unspecified atom stereocenters. The molecule has 0 bridgehead atoms. The van der Waals surface area contributed by atoms with Gasteiger partial charge in [-0.05, 0) is 26.2 Å². The second-order valence-electron chi connectivity index (χ2n) is 5.67. The number of oxazole rings is 1. The van der Waals surface area contributed by atoms with E-state index in [4.69, 9.17) is 4.42 Å². The molecule has 1 aromatic heterocycles. The predicted molar refractivity (Wildman–Crippen MR) is 75.7 cm³/mol. The van der Waals surface area contributed by atoms with Gasteiger partial charge < -0.3 is 4.42 Å². The summed E-state index contributed by atoms with van der Waals surface area (Å²) in [4.78, 5) is 16.9. The Balaban J connectivity index is 2.41. The van der Waals surface area contributed by atoms with E-state index in [9.17, 15) is 4.79 Å². The number of hydrogen-bond acceptors (Lipinski definition) is 3. The molecular formula is C15H25N2O2+. The van der Waals surface area contributed by atoms with Crippen molar-refractivity contribution in [2.45, 2.75) is 65.3 Å². The lowest BCUT2D eigenvalue weighted by molar-refractivity contribution is -0.131. The van der Waals surface area contributed by atoms with Crippen LogP contribution in [0.1, 0.15) is 58.1 Å². The minimum atomic E-state index is 0.169. The molecule has 106 valence electrons. The zero-order valence-electron chi connectivity index (χ0n) is 12.3. The summed E-state index contributed by atoms with van der Waals surface area (Å²) >= 11 is 0. The zero-order valence-corrected chi connectivity index (χ0v) is 12.3. The number of carbonyl (C=O) groups is 1. The third-order valence-corrected chi connectivity index (χ3v) is 4.32. The van der Waals surface area contributed by atoms with Gasteiger partial charge in [0.05, 0.1) is 19.2 Å². The van der Waals surface area contributed by atoms with Crippen LogP contribution in [-0.4, -0.2) is 23.5 Å². The molecule has 19 heavy (non-hydrogen) atoms. The van der Waals surface area contributed by atoms with Crippen molar-refractivity contribution in [2.24, 2.45) is 0 Å². The molecule has 1 atom stereocenters. The van der Waals surface area contributed by atoms with E-state index in [1.165, 1.54) is 12.8 Å². The van der Waals surface area contributed by atoms with Crippen LogP contribution in [0, 0.1) is 6.92 Å². The SMILES string of the molecule is CCCC[N+](C(C)=O)(c1nc(C)co1)C1CCCC1. The van der Waals surface area contributed by atoms with Crippen molar-refractivity contribution < 1.29 is 9.21 Å². The van der Waals surface area contributed by atoms with Crippen LogP contribution in [0.15, 0.2) is 10.7 Å². The molecule has 0 saturated heterocycles. The molecular weight excluding hydrogens is 240 g/mol. The molecule has 4 heteroatoms. The number of rotatable bonds is 5. The minimum absolute atomic E-state index is 0.169. The van der Waals surface area contributed by atoms with Crippen LogP contribution < -0.4 is 4.48 Å². The van der Waals surface area contributed by atoms with Gasteiger partial charge in [-0.2, -0.15) is 9.47 Å². The van der Waals surface area contributed by atoms with Crippen LogP contribution in [0.3, 0.4) is 0 Å². The molecule has 0 radical (unpaired) electrons. The van der Waals surface area contributed by atoms with Crippen LogP contribution in [0.2, 0.25) is 0 Å². The molecule has 1 amide bonds. The quantitative estimate of drug-likeness (QED) is 0.764. The van der Waals surface area contributed by atoms with E-state index in [2.05, 4.69) is 11.9 Å². The number of hydrogen-bond donors (Lipinski definition) is 0. The highest BCUT2D eigenvalue weighted by Gasteiger charge is 2.48. The molecule has 1 aromatic rings. The summed E-state index contributed by atoms with van der Waals surface area (Å²) in [6, 6.07) is 0.951. The fraction of sp³-hybridized carbons (Fsp3) is 0.733. The number of nitrogens with zero attached hydrogens (tertiary/aromatic N) is 2. The summed E-state index contributed by atoms with van der Waals surface area (Å²) in [5, 5.41) is 0. The van der Waals surface area contributed by atoms with E-state index < -0.39 is 0 Å². The van der Waals surface area contributed by atoms with E-state index in [1.807, 2.05) is 6.92 Å². The fourth-order valence-electron chi connectivity index (χ4n) is 3.26. The first-order valence-electron chi connectivity index (χ1n) is 7.43. The van der Waals surface area contributed by atoms with E-state index in [0.717, 1.165) is 37.9 Å². The Kier molecular flexibility index (Phi) is 4.40. The van der Waals surface area contributed by atoms with E-state index in [0.29, 0.717) is 16.5 Å². The average Bonchev–Trinajstić information content (AvgIpc) is 3.02. The highest BCUT2D eigenvalue weighted by molar-refractivity contribution is 5.85. The molecule has 1 saturated carbocycles. The Labute approximate surface area is 115 Å². The fourth-order valence-corrected chi connectivity index (χ4v) is 3.26. The monoisotopic (exact) mass is 265 g/mol. The molecule has 1 aliphatic carbocycles. The smallest absolute Gasteiger partial charge is 0.403 e. The van der Waals surface area contributed by atoms with Crippen molar-refractivity contribution in [3.05, 3.63) is 12.0 Å². The summed E-state index contributed by atoms with van der Waals surface area (Å²) in [7, 11) is 0. The first-order chi connectivity index (χ1) is 9.11. The van der Waals surface area contributed by atoms with E-state index >= 15 is 0 Å². The Morgan fingerprint density at radius 2 is 2.16 bits per heavy atom. The maximum Gasteiger partial charge on any atom is 0.411 e. The van der Waals surface area contributed by atoms with Gasteiger partial charge in [-0.3, -0.25) is 0 Å².